The molecule has 2 aromatic carbocycles. The molecule has 24 heavy (non-hydrogen) atoms. The summed E-state index contributed by atoms with van der Waals surface area (Å²) in [5, 5.41) is 5.62. The fourth-order valence-corrected chi connectivity index (χ4v) is 2.21. The Balaban J connectivity index is 2.10. The fourth-order valence-electron chi connectivity index (χ4n) is 1.88. The Bertz CT molecular complexity index is 763. The van der Waals surface area contributed by atoms with Crippen LogP contribution in [-0.2, 0) is 9.59 Å². The summed E-state index contributed by atoms with van der Waals surface area (Å²) in [7, 11) is 0. The molecule has 2 N–H and O–H groups in total. The normalized spacial score (nSPS) is 10.4. The van der Waals surface area contributed by atoms with Gasteiger partial charge in [0, 0.05) is 5.02 Å². The molecule has 5 nitrogen and oxygen atoms in total. The molecule has 0 aliphatic rings. The Kier molecular flexibility index (Phi) is 6.06. The van der Waals surface area contributed by atoms with E-state index in [1.165, 1.54) is 12.1 Å². The summed E-state index contributed by atoms with van der Waals surface area (Å²) in [4.78, 5) is 24.1. The number of halogens is 2. The van der Waals surface area contributed by atoms with Crippen molar-refractivity contribution >= 4 is 46.4 Å². The average Bonchev–Trinajstić information content (AvgIpc) is 2.52. The maximum Gasteiger partial charge on any atom is 0.314 e. The van der Waals surface area contributed by atoms with Crippen LogP contribution in [0.15, 0.2) is 42.5 Å². The van der Waals surface area contributed by atoms with Gasteiger partial charge in [-0.1, -0.05) is 35.3 Å². The Hall–Kier alpha value is -2.24. The van der Waals surface area contributed by atoms with Crippen LogP contribution in [-0.4, -0.2) is 17.9 Å². The number of nitrogens with one attached hydrogen (secondary N) is 2. The first kappa shape index (κ1) is 18.1. The Morgan fingerprint density at radius 3 is 2.25 bits per heavy atom. The minimum atomic E-state index is -0.862. The van der Waals surface area contributed by atoms with Crippen LogP contribution in [0.2, 0.25) is 10.0 Å². The summed E-state index contributed by atoms with van der Waals surface area (Å²) in [6, 6.07) is 11.4. The Morgan fingerprint density at radius 2 is 1.58 bits per heavy atom. The topological polar surface area (TPSA) is 67.4 Å². The van der Waals surface area contributed by atoms with Crippen molar-refractivity contribution in [2.24, 2.45) is 0 Å². The zero-order valence-electron chi connectivity index (χ0n) is 13.1. The molecular formula is C17H16Cl2N2O3. The van der Waals surface area contributed by atoms with E-state index in [-0.39, 0.29) is 16.8 Å². The molecule has 0 heterocycles. The standard InChI is InChI=1S/C17H16Cl2N2O3/c1-10(2)24-15-6-4-3-5-13(15)20-16(22)17(23)21-14-9-11(18)7-8-12(14)19/h3-10H,1-2H3,(H,20,22)(H,21,23). The SMILES string of the molecule is CC(C)Oc1ccccc1NC(=O)C(=O)Nc1cc(Cl)ccc1Cl. The number of para-hydroxylation sites is 2. The molecule has 0 bridgehead atoms. The van der Waals surface area contributed by atoms with Gasteiger partial charge in [-0.15, -0.1) is 0 Å². The highest BCUT2D eigenvalue weighted by molar-refractivity contribution is 6.45. The number of ether oxygens (including phenoxy) is 1. The second-order valence-electron chi connectivity index (χ2n) is 5.20. The molecule has 0 unspecified atom stereocenters. The van der Waals surface area contributed by atoms with Crippen LogP contribution < -0.4 is 15.4 Å². The minimum Gasteiger partial charge on any atom is -0.489 e. The van der Waals surface area contributed by atoms with Gasteiger partial charge < -0.3 is 15.4 Å². The minimum absolute atomic E-state index is 0.0675. The highest BCUT2D eigenvalue weighted by atomic mass is 35.5. The molecule has 126 valence electrons. The molecule has 0 aromatic heterocycles. The molecule has 2 amide bonds. The molecule has 0 aliphatic carbocycles. The van der Waals surface area contributed by atoms with Gasteiger partial charge in [0.05, 0.1) is 22.5 Å². The maximum atomic E-state index is 12.1. The van der Waals surface area contributed by atoms with Crippen LogP contribution in [0.5, 0.6) is 5.75 Å². The number of hydrogen-bond acceptors (Lipinski definition) is 3. The first-order valence-electron chi connectivity index (χ1n) is 7.20. The van der Waals surface area contributed by atoms with Gasteiger partial charge in [-0.25, -0.2) is 0 Å². The van der Waals surface area contributed by atoms with E-state index >= 15 is 0 Å². The van der Waals surface area contributed by atoms with Crippen molar-refractivity contribution in [3.05, 3.63) is 52.5 Å². The largest absolute Gasteiger partial charge is 0.489 e. The van der Waals surface area contributed by atoms with Crippen LogP contribution in [0, 0.1) is 0 Å². The lowest BCUT2D eigenvalue weighted by molar-refractivity contribution is -0.133. The lowest BCUT2D eigenvalue weighted by Crippen LogP contribution is -2.29. The lowest BCUT2D eigenvalue weighted by Gasteiger charge is -2.14. The van der Waals surface area contributed by atoms with Crippen molar-refractivity contribution in [1.29, 1.82) is 0 Å². The molecule has 0 radical (unpaired) electrons. The van der Waals surface area contributed by atoms with Crippen molar-refractivity contribution < 1.29 is 14.3 Å². The summed E-state index contributed by atoms with van der Waals surface area (Å²) in [6.45, 7) is 3.74. The van der Waals surface area contributed by atoms with Crippen molar-refractivity contribution in [2.45, 2.75) is 20.0 Å². The van der Waals surface area contributed by atoms with Crippen molar-refractivity contribution in [2.75, 3.05) is 10.6 Å². The van der Waals surface area contributed by atoms with Crippen LogP contribution in [0.3, 0.4) is 0 Å². The highest BCUT2D eigenvalue weighted by Crippen LogP contribution is 2.26. The first-order chi connectivity index (χ1) is 11.4. The second kappa shape index (κ2) is 8.04. The van der Waals surface area contributed by atoms with Crippen molar-refractivity contribution in [1.82, 2.24) is 0 Å². The van der Waals surface area contributed by atoms with Crippen LogP contribution in [0.25, 0.3) is 0 Å². The molecule has 0 fully saturated rings. The van der Waals surface area contributed by atoms with E-state index in [0.29, 0.717) is 16.5 Å². The van der Waals surface area contributed by atoms with Crippen LogP contribution in [0.1, 0.15) is 13.8 Å². The predicted octanol–water partition coefficient (Wildman–Crippen LogP) is 4.36. The van der Waals surface area contributed by atoms with Crippen molar-refractivity contribution in [3.8, 4) is 5.75 Å². The molecule has 0 aliphatic heterocycles. The Morgan fingerprint density at radius 1 is 0.958 bits per heavy atom. The maximum absolute atomic E-state index is 12.1. The fraction of sp³-hybridized carbons (Fsp3) is 0.176. The van der Waals surface area contributed by atoms with E-state index in [4.69, 9.17) is 27.9 Å². The van der Waals surface area contributed by atoms with Gasteiger partial charge in [-0.2, -0.15) is 0 Å². The van der Waals surface area contributed by atoms with E-state index in [2.05, 4.69) is 10.6 Å². The average molecular weight is 367 g/mol. The van der Waals surface area contributed by atoms with Gasteiger partial charge in [0.25, 0.3) is 0 Å². The Labute approximate surface area is 149 Å². The predicted molar refractivity (Wildman–Crippen MR) is 95.9 cm³/mol. The number of carbonyl (C=O) groups excluding carboxylic acids is 2. The number of anilines is 2. The molecule has 0 saturated heterocycles. The van der Waals surface area contributed by atoms with Gasteiger partial charge in [0.1, 0.15) is 5.75 Å². The quantitative estimate of drug-likeness (QED) is 0.790. The van der Waals surface area contributed by atoms with Crippen LogP contribution in [0.4, 0.5) is 11.4 Å². The number of hydrogen-bond donors (Lipinski definition) is 2. The molecule has 0 spiro atoms. The first-order valence-corrected chi connectivity index (χ1v) is 7.95. The second-order valence-corrected chi connectivity index (χ2v) is 6.04. The van der Waals surface area contributed by atoms with E-state index in [1.807, 2.05) is 13.8 Å². The number of rotatable bonds is 4. The van der Waals surface area contributed by atoms with Gasteiger partial charge in [0.2, 0.25) is 0 Å². The van der Waals surface area contributed by atoms with Gasteiger partial charge in [-0.05, 0) is 44.2 Å². The number of benzene rings is 2. The molecule has 7 heteroatoms. The third kappa shape index (κ3) is 4.88. The zero-order chi connectivity index (χ0) is 17.7. The van der Waals surface area contributed by atoms with Crippen LogP contribution >= 0.6 is 23.2 Å². The molecule has 2 aromatic rings. The summed E-state index contributed by atoms with van der Waals surface area (Å²) in [5.74, 6) is -1.22. The highest BCUT2D eigenvalue weighted by Gasteiger charge is 2.17. The summed E-state index contributed by atoms with van der Waals surface area (Å²) >= 11 is 11.8. The van der Waals surface area contributed by atoms with E-state index in [0.717, 1.165) is 0 Å². The lowest BCUT2D eigenvalue weighted by atomic mass is 10.2. The van der Waals surface area contributed by atoms with E-state index < -0.39 is 11.8 Å². The third-order valence-electron chi connectivity index (χ3n) is 2.88. The number of carbonyl (C=O) groups is 2. The molecule has 0 saturated carbocycles. The van der Waals surface area contributed by atoms with Crippen molar-refractivity contribution in [3.63, 3.8) is 0 Å². The summed E-state index contributed by atoms with van der Waals surface area (Å²) < 4.78 is 5.59. The number of amides is 2. The smallest absolute Gasteiger partial charge is 0.314 e. The third-order valence-corrected chi connectivity index (χ3v) is 3.45. The molecule has 2 rings (SSSR count). The van der Waals surface area contributed by atoms with E-state index in [1.54, 1.807) is 30.3 Å². The van der Waals surface area contributed by atoms with E-state index in [9.17, 15) is 9.59 Å². The van der Waals surface area contributed by atoms with Gasteiger partial charge >= 0.3 is 11.8 Å². The van der Waals surface area contributed by atoms with Gasteiger partial charge in [-0.3, -0.25) is 9.59 Å². The summed E-state index contributed by atoms with van der Waals surface area (Å²) in [6.07, 6.45) is -0.0675. The molecule has 0 atom stereocenters. The molecular weight excluding hydrogens is 351 g/mol. The summed E-state index contributed by atoms with van der Waals surface area (Å²) in [5.41, 5.74) is 0.666. The monoisotopic (exact) mass is 366 g/mol. The zero-order valence-corrected chi connectivity index (χ0v) is 14.6. The van der Waals surface area contributed by atoms with Gasteiger partial charge in [0.15, 0.2) is 0 Å².